The number of thiophene rings is 1. The number of fused-ring (bicyclic) bond motifs is 5. The van der Waals surface area contributed by atoms with Crippen LogP contribution in [0.2, 0.25) is 0 Å². The van der Waals surface area contributed by atoms with Gasteiger partial charge in [-0.05, 0) is 35.4 Å². The molecule has 0 atom stereocenters. The summed E-state index contributed by atoms with van der Waals surface area (Å²) in [4.78, 5) is 24.9. The number of hydrogen-bond acceptors (Lipinski definition) is 6. The van der Waals surface area contributed by atoms with Gasteiger partial charge >= 0.3 is 0 Å². The van der Waals surface area contributed by atoms with Crippen molar-refractivity contribution in [3.05, 3.63) is 152 Å². The maximum atomic E-state index is 5.16. The first-order valence-electron chi connectivity index (χ1n) is 15.4. The average Bonchev–Trinajstić information content (AvgIpc) is 3.55. The van der Waals surface area contributed by atoms with E-state index in [1.54, 1.807) is 11.3 Å². The molecule has 0 aliphatic rings. The average molecular weight is 620 g/mol. The molecule has 0 aliphatic heterocycles. The highest BCUT2D eigenvalue weighted by atomic mass is 32.1. The van der Waals surface area contributed by atoms with Gasteiger partial charge in [0, 0.05) is 43.9 Å². The first kappa shape index (κ1) is 27.2. The molecule has 0 radical (unpaired) electrons. The highest BCUT2D eigenvalue weighted by Crippen LogP contribution is 2.42. The lowest BCUT2D eigenvalue weighted by atomic mass is 10.0. The van der Waals surface area contributed by atoms with Gasteiger partial charge in [-0.25, -0.2) is 19.9 Å². The summed E-state index contributed by atoms with van der Waals surface area (Å²) < 4.78 is 2.34. The first-order chi connectivity index (χ1) is 23.3. The molecule has 9 aromatic rings. The van der Waals surface area contributed by atoms with Gasteiger partial charge in [0.15, 0.2) is 17.5 Å². The summed E-state index contributed by atoms with van der Waals surface area (Å²) in [5.41, 5.74) is 8.80. The molecule has 0 aliphatic carbocycles. The lowest BCUT2D eigenvalue weighted by Crippen LogP contribution is -2.00. The molecule has 220 valence electrons. The third-order valence-electron chi connectivity index (χ3n) is 8.38. The Balaban J connectivity index is 1.20. The maximum absolute atomic E-state index is 5.16. The molecule has 47 heavy (non-hydrogen) atoms. The van der Waals surface area contributed by atoms with Crippen molar-refractivity contribution in [2.24, 2.45) is 0 Å². The van der Waals surface area contributed by atoms with E-state index in [2.05, 4.69) is 97.1 Å². The molecular formula is C41H25N5S. The molecule has 4 heterocycles. The standard InChI is InChI=1S/C41H25N5S/c1-3-11-26(12-4-1)27-20-22-29(23-21-27)40-44-39(28-13-5-2-6-14-28)45-41(46-40)31-16-9-15-30(25-31)36-38-35(32-17-7-8-19-34(32)47-38)37-33(43-36)18-10-24-42-37/h1-25H. The minimum Gasteiger partial charge on any atom is -0.254 e. The zero-order valence-corrected chi connectivity index (χ0v) is 25.9. The second-order valence-electron chi connectivity index (χ2n) is 11.3. The molecule has 4 aromatic heterocycles. The van der Waals surface area contributed by atoms with Gasteiger partial charge in [0.1, 0.15) is 0 Å². The summed E-state index contributed by atoms with van der Waals surface area (Å²) in [6.45, 7) is 0. The van der Waals surface area contributed by atoms with E-state index in [1.165, 1.54) is 15.6 Å². The third kappa shape index (κ3) is 4.92. The van der Waals surface area contributed by atoms with Gasteiger partial charge in [-0.15, -0.1) is 11.3 Å². The fraction of sp³-hybridized carbons (Fsp3) is 0. The fourth-order valence-corrected chi connectivity index (χ4v) is 7.31. The smallest absolute Gasteiger partial charge is 0.164 e. The van der Waals surface area contributed by atoms with Crippen LogP contribution in [0.25, 0.3) is 87.8 Å². The zero-order chi connectivity index (χ0) is 31.2. The quantitative estimate of drug-likeness (QED) is 0.192. The van der Waals surface area contributed by atoms with Gasteiger partial charge in [-0.3, -0.25) is 4.98 Å². The van der Waals surface area contributed by atoms with Crippen LogP contribution in [-0.4, -0.2) is 24.9 Å². The van der Waals surface area contributed by atoms with Crippen molar-refractivity contribution < 1.29 is 0 Å². The largest absolute Gasteiger partial charge is 0.254 e. The summed E-state index contributed by atoms with van der Waals surface area (Å²) in [5.74, 6) is 1.86. The molecule has 0 saturated heterocycles. The second-order valence-corrected chi connectivity index (χ2v) is 12.4. The predicted octanol–water partition coefficient (Wildman–Crippen LogP) is 10.5. The Kier molecular flexibility index (Phi) is 6.58. The van der Waals surface area contributed by atoms with E-state index in [0.717, 1.165) is 54.6 Å². The molecule has 0 unspecified atom stereocenters. The molecule has 6 heteroatoms. The molecule has 0 N–H and O–H groups in total. The Morgan fingerprint density at radius 3 is 1.77 bits per heavy atom. The highest BCUT2D eigenvalue weighted by molar-refractivity contribution is 7.26. The molecule has 9 rings (SSSR count). The van der Waals surface area contributed by atoms with Crippen molar-refractivity contribution >= 4 is 42.5 Å². The van der Waals surface area contributed by atoms with Gasteiger partial charge < -0.3 is 0 Å². The van der Waals surface area contributed by atoms with E-state index in [9.17, 15) is 0 Å². The Bertz CT molecular complexity index is 2560. The van der Waals surface area contributed by atoms with Crippen LogP contribution in [0.15, 0.2) is 152 Å². The number of rotatable bonds is 5. The molecule has 0 saturated carbocycles. The Labute approximate surface area is 275 Å². The Morgan fingerprint density at radius 2 is 1.00 bits per heavy atom. The molecular weight excluding hydrogens is 595 g/mol. The van der Waals surface area contributed by atoms with Gasteiger partial charge in [0.25, 0.3) is 0 Å². The van der Waals surface area contributed by atoms with Gasteiger partial charge in [-0.1, -0.05) is 121 Å². The monoisotopic (exact) mass is 619 g/mol. The van der Waals surface area contributed by atoms with E-state index < -0.39 is 0 Å². The van der Waals surface area contributed by atoms with Gasteiger partial charge in [0.05, 0.1) is 21.4 Å². The second kappa shape index (κ2) is 11.4. The van der Waals surface area contributed by atoms with Crippen LogP contribution in [0.5, 0.6) is 0 Å². The van der Waals surface area contributed by atoms with Crippen LogP contribution in [-0.2, 0) is 0 Å². The van der Waals surface area contributed by atoms with Crippen molar-refractivity contribution in [2.45, 2.75) is 0 Å². The van der Waals surface area contributed by atoms with Crippen molar-refractivity contribution in [1.82, 2.24) is 24.9 Å². The molecule has 0 spiro atoms. The summed E-state index contributed by atoms with van der Waals surface area (Å²) in [6, 6.07) is 49.7. The Morgan fingerprint density at radius 1 is 0.426 bits per heavy atom. The Hall–Kier alpha value is -6.11. The zero-order valence-electron chi connectivity index (χ0n) is 25.1. The van der Waals surface area contributed by atoms with Crippen molar-refractivity contribution in [3.63, 3.8) is 0 Å². The van der Waals surface area contributed by atoms with E-state index in [4.69, 9.17) is 24.9 Å². The third-order valence-corrected chi connectivity index (χ3v) is 9.56. The number of hydrogen-bond donors (Lipinski definition) is 0. The summed E-state index contributed by atoms with van der Waals surface area (Å²) in [5, 5.41) is 2.34. The van der Waals surface area contributed by atoms with Crippen LogP contribution in [0.1, 0.15) is 0 Å². The minimum absolute atomic E-state index is 0.609. The van der Waals surface area contributed by atoms with Gasteiger partial charge in [0.2, 0.25) is 0 Å². The highest BCUT2D eigenvalue weighted by Gasteiger charge is 2.18. The molecule has 0 fully saturated rings. The van der Waals surface area contributed by atoms with Crippen molar-refractivity contribution in [3.8, 4) is 56.5 Å². The summed E-state index contributed by atoms with van der Waals surface area (Å²) in [7, 11) is 0. The number of nitrogens with zero attached hydrogens (tertiary/aromatic N) is 5. The lowest BCUT2D eigenvalue weighted by Gasteiger charge is -2.11. The minimum atomic E-state index is 0.609. The van der Waals surface area contributed by atoms with E-state index in [-0.39, 0.29) is 0 Å². The first-order valence-corrected chi connectivity index (χ1v) is 16.2. The van der Waals surface area contributed by atoms with Crippen LogP contribution >= 0.6 is 11.3 Å². The van der Waals surface area contributed by atoms with E-state index >= 15 is 0 Å². The number of benzene rings is 5. The number of aromatic nitrogens is 5. The normalized spacial score (nSPS) is 11.4. The topological polar surface area (TPSA) is 64.5 Å². The molecule has 0 bridgehead atoms. The van der Waals surface area contributed by atoms with Crippen LogP contribution in [0, 0.1) is 0 Å². The fourth-order valence-electron chi connectivity index (χ4n) is 6.09. The van der Waals surface area contributed by atoms with Crippen LogP contribution < -0.4 is 0 Å². The summed E-state index contributed by atoms with van der Waals surface area (Å²) >= 11 is 1.75. The SMILES string of the molecule is c1ccc(-c2ccc(-c3nc(-c4ccccc4)nc(-c4cccc(-c5nc6cccnc6c6c5sc5ccccc56)c4)n3)cc2)cc1. The van der Waals surface area contributed by atoms with E-state index in [0.29, 0.717) is 17.5 Å². The van der Waals surface area contributed by atoms with E-state index in [1.807, 2.05) is 54.7 Å². The summed E-state index contributed by atoms with van der Waals surface area (Å²) in [6.07, 6.45) is 1.84. The number of pyridine rings is 2. The lowest BCUT2D eigenvalue weighted by molar-refractivity contribution is 1.07. The van der Waals surface area contributed by atoms with Crippen LogP contribution in [0.3, 0.4) is 0 Å². The predicted molar refractivity (Wildman–Crippen MR) is 193 cm³/mol. The van der Waals surface area contributed by atoms with Crippen molar-refractivity contribution in [1.29, 1.82) is 0 Å². The van der Waals surface area contributed by atoms with Crippen LogP contribution in [0.4, 0.5) is 0 Å². The van der Waals surface area contributed by atoms with Crippen molar-refractivity contribution in [2.75, 3.05) is 0 Å². The van der Waals surface area contributed by atoms with Gasteiger partial charge in [-0.2, -0.15) is 0 Å². The molecule has 5 aromatic carbocycles. The molecule has 5 nitrogen and oxygen atoms in total. The molecule has 0 amide bonds. The maximum Gasteiger partial charge on any atom is 0.164 e.